The molecule has 0 radical (unpaired) electrons. The van der Waals surface area contributed by atoms with Crippen molar-refractivity contribution in [3.05, 3.63) is 34.3 Å². The molecule has 1 aromatic rings. The molecule has 112 valence electrons. The fourth-order valence-electron chi connectivity index (χ4n) is 2.51. The number of hydrogen-bond donors (Lipinski definition) is 1. The second-order valence-corrected chi connectivity index (χ2v) is 8.88. The lowest BCUT2D eigenvalue weighted by atomic mass is 9.95. The fourth-order valence-corrected chi connectivity index (χ4v) is 3.71. The Kier molecular flexibility index (Phi) is 4.89. The van der Waals surface area contributed by atoms with Crippen molar-refractivity contribution in [2.24, 2.45) is 0 Å². The van der Waals surface area contributed by atoms with E-state index in [0.29, 0.717) is 0 Å². The Bertz CT molecular complexity index is 557. The summed E-state index contributed by atoms with van der Waals surface area (Å²) < 4.78 is 28.1. The number of rotatable bonds is 4. The minimum absolute atomic E-state index is 0.0615. The number of hydrogen-bond acceptors (Lipinski definition) is 3. The van der Waals surface area contributed by atoms with Crippen molar-refractivity contribution < 1.29 is 8.42 Å². The fraction of sp³-hybridized carbons (Fsp3) is 0.571. The van der Waals surface area contributed by atoms with E-state index in [1.54, 1.807) is 13.8 Å². The Hall–Kier alpha value is -0.430. The normalized spacial score (nSPS) is 24.4. The SMILES string of the molecule is CC(C)S(=O)(=O)N[C@H]1CN(C)C[C@@H]1c1ccc(Br)cc1. The molecule has 1 aliphatic heterocycles. The third kappa shape index (κ3) is 3.61. The molecule has 20 heavy (non-hydrogen) atoms. The molecule has 1 aromatic carbocycles. The molecular formula is C14H21BrN2O2S. The van der Waals surface area contributed by atoms with Gasteiger partial charge in [-0.1, -0.05) is 28.1 Å². The van der Waals surface area contributed by atoms with Gasteiger partial charge in [-0.3, -0.25) is 0 Å². The molecule has 1 aliphatic rings. The van der Waals surface area contributed by atoms with Crippen molar-refractivity contribution in [1.82, 2.24) is 9.62 Å². The maximum Gasteiger partial charge on any atom is 0.214 e. The van der Waals surface area contributed by atoms with Crippen molar-refractivity contribution in [2.45, 2.75) is 31.1 Å². The molecule has 0 amide bonds. The molecule has 4 nitrogen and oxygen atoms in total. The zero-order valence-corrected chi connectivity index (χ0v) is 14.4. The van der Waals surface area contributed by atoms with Crippen LogP contribution in [0.3, 0.4) is 0 Å². The zero-order valence-electron chi connectivity index (χ0n) is 12.0. The predicted molar refractivity (Wildman–Crippen MR) is 85.4 cm³/mol. The van der Waals surface area contributed by atoms with E-state index in [1.807, 2.05) is 19.2 Å². The van der Waals surface area contributed by atoms with Crippen LogP contribution in [0.25, 0.3) is 0 Å². The second-order valence-electron chi connectivity index (χ2n) is 5.70. The van der Waals surface area contributed by atoms with Crippen LogP contribution in [0, 0.1) is 0 Å². The molecule has 0 aromatic heterocycles. The van der Waals surface area contributed by atoms with Gasteiger partial charge in [0.15, 0.2) is 0 Å². The van der Waals surface area contributed by atoms with Crippen molar-refractivity contribution in [3.8, 4) is 0 Å². The number of likely N-dealkylation sites (tertiary alicyclic amines) is 1. The number of nitrogens with one attached hydrogen (secondary N) is 1. The second kappa shape index (κ2) is 6.13. The van der Waals surface area contributed by atoms with Gasteiger partial charge in [0.2, 0.25) is 10.0 Å². The first-order chi connectivity index (χ1) is 9.29. The lowest BCUT2D eigenvalue weighted by Gasteiger charge is -2.21. The van der Waals surface area contributed by atoms with Crippen molar-refractivity contribution >= 4 is 26.0 Å². The Morgan fingerprint density at radius 2 is 1.85 bits per heavy atom. The minimum Gasteiger partial charge on any atom is -0.304 e. The van der Waals surface area contributed by atoms with Crippen LogP contribution in [-0.2, 0) is 10.0 Å². The highest BCUT2D eigenvalue weighted by Crippen LogP contribution is 2.28. The number of benzene rings is 1. The molecular weight excluding hydrogens is 340 g/mol. The van der Waals surface area contributed by atoms with Crippen LogP contribution >= 0.6 is 15.9 Å². The molecule has 0 aliphatic carbocycles. The van der Waals surface area contributed by atoms with E-state index in [1.165, 1.54) is 5.56 Å². The number of nitrogens with zero attached hydrogens (tertiary/aromatic N) is 1. The third-order valence-electron chi connectivity index (χ3n) is 3.74. The number of sulfonamides is 1. The van der Waals surface area contributed by atoms with Crippen LogP contribution in [0.2, 0.25) is 0 Å². The van der Waals surface area contributed by atoms with E-state index >= 15 is 0 Å². The molecule has 0 spiro atoms. The van der Waals surface area contributed by atoms with Crippen LogP contribution in [0.5, 0.6) is 0 Å². The van der Waals surface area contributed by atoms with E-state index < -0.39 is 15.3 Å². The Balaban J connectivity index is 2.21. The van der Waals surface area contributed by atoms with E-state index in [-0.39, 0.29) is 12.0 Å². The van der Waals surface area contributed by atoms with Crippen LogP contribution in [0.15, 0.2) is 28.7 Å². The van der Waals surface area contributed by atoms with E-state index in [9.17, 15) is 8.42 Å². The quantitative estimate of drug-likeness (QED) is 0.894. The minimum atomic E-state index is -3.24. The maximum absolute atomic E-state index is 12.1. The summed E-state index contributed by atoms with van der Waals surface area (Å²) in [5.74, 6) is 0.196. The van der Waals surface area contributed by atoms with Gasteiger partial charge in [0.05, 0.1) is 5.25 Å². The van der Waals surface area contributed by atoms with Crippen LogP contribution in [0.1, 0.15) is 25.3 Å². The monoisotopic (exact) mass is 360 g/mol. The van der Waals surface area contributed by atoms with Gasteiger partial charge in [-0.25, -0.2) is 13.1 Å². The van der Waals surface area contributed by atoms with Crippen molar-refractivity contribution in [2.75, 3.05) is 20.1 Å². The molecule has 1 N–H and O–H groups in total. The standard InChI is InChI=1S/C14H21BrN2O2S/c1-10(2)20(18,19)16-14-9-17(3)8-13(14)11-4-6-12(15)7-5-11/h4-7,10,13-14,16H,8-9H2,1-3H3/t13-,14+/m1/s1. The molecule has 0 saturated carbocycles. The summed E-state index contributed by atoms with van der Waals surface area (Å²) >= 11 is 3.43. The predicted octanol–water partition coefficient (Wildman–Crippen LogP) is 2.17. The van der Waals surface area contributed by atoms with Gasteiger partial charge < -0.3 is 4.90 Å². The highest BCUT2D eigenvalue weighted by Gasteiger charge is 2.35. The van der Waals surface area contributed by atoms with Gasteiger partial charge in [0, 0.05) is 29.5 Å². The molecule has 1 saturated heterocycles. The third-order valence-corrected chi connectivity index (χ3v) is 6.14. The first-order valence-electron chi connectivity index (χ1n) is 6.75. The van der Waals surface area contributed by atoms with Crippen molar-refractivity contribution in [1.29, 1.82) is 0 Å². The first-order valence-corrected chi connectivity index (χ1v) is 9.08. The van der Waals surface area contributed by atoms with Gasteiger partial charge in [-0.15, -0.1) is 0 Å². The van der Waals surface area contributed by atoms with Crippen LogP contribution < -0.4 is 4.72 Å². The van der Waals surface area contributed by atoms with Crippen LogP contribution in [-0.4, -0.2) is 44.7 Å². The lowest BCUT2D eigenvalue weighted by molar-refractivity contribution is 0.404. The highest BCUT2D eigenvalue weighted by molar-refractivity contribution is 9.10. The van der Waals surface area contributed by atoms with Crippen molar-refractivity contribution in [3.63, 3.8) is 0 Å². The summed E-state index contributed by atoms with van der Waals surface area (Å²) in [6, 6.07) is 8.06. The lowest BCUT2D eigenvalue weighted by Crippen LogP contribution is -2.42. The summed E-state index contributed by atoms with van der Waals surface area (Å²) in [5.41, 5.74) is 1.18. The highest BCUT2D eigenvalue weighted by atomic mass is 79.9. The summed E-state index contributed by atoms with van der Waals surface area (Å²) in [6.07, 6.45) is 0. The molecule has 0 bridgehead atoms. The first kappa shape index (κ1) is 15.9. The van der Waals surface area contributed by atoms with Gasteiger partial charge in [-0.2, -0.15) is 0 Å². The largest absolute Gasteiger partial charge is 0.304 e. The Morgan fingerprint density at radius 1 is 1.25 bits per heavy atom. The zero-order chi connectivity index (χ0) is 14.9. The molecule has 2 rings (SSSR count). The maximum atomic E-state index is 12.1. The van der Waals surface area contributed by atoms with E-state index in [2.05, 4.69) is 37.7 Å². The van der Waals surface area contributed by atoms with Gasteiger partial charge in [0.25, 0.3) is 0 Å². The topological polar surface area (TPSA) is 49.4 Å². The summed E-state index contributed by atoms with van der Waals surface area (Å²) in [7, 11) is -1.22. The molecule has 2 atom stereocenters. The molecule has 6 heteroatoms. The number of halogens is 1. The Labute approximate surface area is 129 Å². The summed E-state index contributed by atoms with van der Waals surface area (Å²) in [5, 5.41) is -0.404. The van der Waals surface area contributed by atoms with Gasteiger partial charge in [0.1, 0.15) is 0 Å². The molecule has 0 unspecified atom stereocenters. The molecule has 1 fully saturated rings. The average Bonchev–Trinajstić information content (AvgIpc) is 2.70. The van der Waals surface area contributed by atoms with Gasteiger partial charge >= 0.3 is 0 Å². The Morgan fingerprint density at radius 3 is 2.40 bits per heavy atom. The van der Waals surface area contributed by atoms with Gasteiger partial charge in [-0.05, 0) is 38.6 Å². The number of likely N-dealkylation sites (N-methyl/N-ethyl adjacent to an activating group) is 1. The van der Waals surface area contributed by atoms with E-state index in [4.69, 9.17) is 0 Å². The average molecular weight is 361 g/mol. The summed E-state index contributed by atoms with van der Waals surface area (Å²) in [6.45, 7) is 5.02. The smallest absolute Gasteiger partial charge is 0.214 e. The molecule has 1 heterocycles. The van der Waals surface area contributed by atoms with Crippen LogP contribution in [0.4, 0.5) is 0 Å². The summed E-state index contributed by atoms with van der Waals surface area (Å²) in [4.78, 5) is 2.17. The van der Waals surface area contributed by atoms with E-state index in [0.717, 1.165) is 17.6 Å².